The van der Waals surface area contributed by atoms with Crippen LogP contribution in [0, 0.1) is 5.92 Å². The highest BCUT2D eigenvalue weighted by Gasteiger charge is 2.38. The van der Waals surface area contributed by atoms with E-state index in [4.69, 9.17) is 21.1 Å². The predicted octanol–water partition coefficient (Wildman–Crippen LogP) is 4.61. The molecule has 0 radical (unpaired) electrons. The molecule has 1 unspecified atom stereocenters. The maximum absolute atomic E-state index is 6.32. The van der Waals surface area contributed by atoms with E-state index in [1.807, 2.05) is 24.3 Å². The molecule has 27 heavy (non-hydrogen) atoms. The summed E-state index contributed by atoms with van der Waals surface area (Å²) in [6, 6.07) is 12.2. The van der Waals surface area contributed by atoms with Crippen LogP contribution in [0.4, 0.5) is 0 Å². The van der Waals surface area contributed by atoms with Crippen LogP contribution in [-0.4, -0.2) is 37.4 Å². The van der Waals surface area contributed by atoms with Gasteiger partial charge in [-0.25, -0.2) is 0 Å². The summed E-state index contributed by atoms with van der Waals surface area (Å²) < 4.78 is 10.1. The van der Waals surface area contributed by atoms with Crippen molar-refractivity contribution in [2.75, 3.05) is 21.0 Å². The van der Waals surface area contributed by atoms with Crippen molar-refractivity contribution in [3.8, 4) is 0 Å². The maximum atomic E-state index is 6.32. The van der Waals surface area contributed by atoms with Gasteiger partial charge in [0.2, 0.25) is 0 Å². The van der Waals surface area contributed by atoms with E-state index in [-0.39, 0.29) is 6.73 Å². The lowest BCUT2D eigenvalue weighted by atomic mass is 10.1. The number of rotatable bonds is 8. The van der Waals surface area contributed by atoms with E-state index < -0.39 is 0 Å². The largest absolute Gasteiger partial charge is 0.504 e. The minimum absolute atomic E-state index is 0.268. The Balaban J connectivity index is 1.76. The molecule has 1 aliphatic rings. The molecule has 3 rings (SSSR count). The fourth-order valence-electron chi connectivity index (χ4n) is 2.87. The van der Waals surface area contributed by atoms with Crippen LogP contribution in [-0.2, 0) is 9.47 Å². The minimum Gasteiger partial charge on any atom is -0.504 e. The summed E-state index contributed by atoms with van der Waals surface area (Å²) in [4.78, 5) is 4.17. The predicted molar refractivity (Wildman–Crippen MR) is 109 cm³/mol. The maximum Gasteiger partial charge on any atom is 0.155 e. The Kier molecular flexibility index (Phi) is 6.74. The zero-order valence-corrected chi connectivity index (χ0v) is 16.1. The van der Waals surface area contributed by atoms with Gasteiger partial charge in [-0.2, -0.15) is 0 Å². The number of hydrogen-bond donors (Lipinski definition) is 0. The van der Waals surface area contributed by atoms with Crippen molar-refractivity contribution in [1.82, 2.24) is 10.2 Å². The van der Waals surface area contributed by atoms with E-state index in [9.17, 15) is 0 Å². The highest BCUT2D eigenvalue weighted by Crippen LogP contribution is 2.50. The number of benzene rings is 1. The smallest absolute Gasteiger partial charge is 0.155 e. The lowest BCUT2D eigenvalue weighted by Crippen LogP contribution is -1.99. The van der Waals surface area contributed by atoms with Crippen molar-refractivity contribution in [2.24, 2.45) is 10.9 Å². The highest BCUT2D eigenvalue weighted by atomic mass is 35.5. The van der Waals surface area contributed by atoms with Gasteiger partial charge in [-0.15, -0.1) is 10.2 Å². The van der Waals surface area contributed by atoms with E-state index >= 15 is 0 Å². The molecule has 0 amide bonds. The van der Waals surface area contributed by atoms with Crippen LogP contribution in [0.25, 0.3) is 11.6 Å². The number of aromatic nitrogens is 2. The second-order valence-corrected chi connectivity index (χ2v) is 6.65. The SMILES string of the molecule is CO/C=C(/C=NCOC)c1cc(C2C[C@@H]2/C=C/c2ccccc2)c(Cl)nn1. The van der Waals surface area contributed by atoms with Crippen LogP contribution in [0.3, 0.4) is 0 Å². The van der Waals surface area contributed by atoms with Crippen molar-refractivity contribution in [3.05, 3.63) is 70.7 Å². The van der Waals surface area contributed by atoms with Crippen molar-refractivity contribution in [1.29, 1.82) is 0 Å². The molecule has 2 atom stereocenters. The first kappa shape index (κ1) is 19.3. The van der Waals surface area contributed by atoms with Gasteiger partial charge in [-0.3, -0.25) is 4.99 Å². The molecule has 1 saturated carbocycles. The summed E-state index contributed by atoms with van der Waals surface area (Å²) in [5, 5.41) is 8.76. The fraction of sp³-hybridized carbons (Fsp3) is 0.286. The Hall–Kier alpha value is -2.50. The standard InChI is InChI=1S/C21H22ClN3O2/c1-26-13-17(12-23-14-27-2)20-11-19(21(22)25-24-20)18-10-16(18)9-8-15-6-4-3-5-7-15/h3-9,11-13,16,18H,10,14H2,1-2H3/b9-8+,17-13-,23-12?/t16-,18?/m0/s1. The summed E-state index contributed by atoms with van der Waals surface area (Å²) in [6.45, 7) is 0.268. The molecule has 140 valence electrons. The van der Waals surface area contributed by atoms with E-state index in [2.05, 4.69) is 39.5 Å². The Morgan fingerprint density at radius 3 is 2.81 bits per heavy atom. The molecule has 2 aromatic rings. The summed E-state index contributed by atoms with van der Waals surface area (Å²) in [7, 11) is 3.17. The van der Waals surface area contributed by atoms with Crippen molar-refractivity contribution in [3.63, 3.8) is 0 Å². The van der Waals surface area contributed by atoms with Gasteiger partial charge in [0.25, 0.3) is 0 Å². The number of ether oxygens (including phenoxy) is 2. The molecule has 0 N–H and O–H groups in total. The molecule has 5 nitrogen and oxygen atoms in total. The topological polar surface area (TPSA) is 56.6 Å². The minimum atomic E-state index is 0.268. The first-order valence-electron chi connectivity index (χ1n) is 8.71. The van der Waals surface area contributed by atoms with Crippen LogP contribution in [0.1, 0.15) is 29.2 Å². The van der Waals surface area contributed by atoms with Crippen molar-refractivity contribution in [2.45, 2.75) is 12.3 Å². The average Bonchev–Trinajstić information content (AvgIpc) is 3.47. The molecule has 0 aliphatic heterocycles. The van der Waals surface area contributed by atoms with Crippen LogP contribution in [0.15, 0.2) is 53.7 Å². The van der Waals surface area contributed by atoms with Crippen LogP contribution >= 0.6 is 11.6 Å². The molecule has 1 aliphatic carbocycles. The molecule has 1 aromatic heterocycles. The third-order valence-electron chi connectivity index (χ3n) is 4.33. The zero-order valence-electron chi connectivity index (χ0n) is 15.4. The van der Waals surface area contributed by atoms with Crippen molar-refractivity contribution < 1.29 is 9.47 Å². The molecule has 1 fully saturated rings. The lowest BCUT2D eigenvalue weighted by molar-refractivity contribution is 0.209. The van der Waals surface area contributed by atoms with Crippen LogP contribution < -0.4 is 0 Å². The van der Waals surface area contributed by atoms with Gasteiger partial charge in [0.05, 0.1) is 24.6 Å². The van der Waals surface area contributed by atoms with E-state index in [0.717, 1.165) is 17.6 Å². The summed E-state index contributed by atoms with van der Waals surface area (Å²) in [5.41, 5.74) is 3.60. The van der Waals surface area contributed by atoms with Crippen LogP contribution in [0.2, 0.25) is 5.15 Å². The van der Waals surface area contributed by atoms with Gasteiger partial charge < -0.3 is 9.47 Å². The first-order chi connectivity index (χ1) is 13.2. The zero-order chi connectivity index (χ0) is 19.1. The summed E-state index contributed by atoms with van der Waals surface area (Å²) in [5.74, 6) is 0.809. The molecular formula is C21H22ClN3O2. The average molecular weight is 384 g/mol. The number of hydrogen-bond acceptors (Lipinski definition) is 5. The lowest BCUT2D eigenvalue weighted by Gasteiger charge is -2.06. The monoisotopic (exact) mass is 383 g/mol. The number of methoxy groups -OCH3 is 2. The molecule has 0 bridgehead atoms. The Labute approximate surface area is 164 Å². The number of aliphatic imine (C=N–C) groups is 1. The molecule has 1 heterocycles. The molecule has 6 heteroatoms. The molecule has 1 aromatic carbocycles. The van der Waals surface area contributed by atoms with Crippen LogP contribution in [0.5, 0.6) is 0 Å². The van der Waals surface area contributed by atoms with Gasteiger partial charge in [-0.1, -0.05) is 54.1 Å². The Bertz CT molecular complexity index is 850. The second-order valence-electron chi connectivity index (χ2n) is 6.29. The third kappa shape index (κ3) is 5.25. The quantitative estimate of drug-likeness (QED) is 0.493. The molecule has 0 spiro atoms. The molecule has 0 saturated heterocycles. The van der Waals surface area contributed by atoms with Gasteiger partial charge >= 0.3 is 0 Å². The fourth-order valence-corrected chi connectivity index (χ4v) is 3.10. The van der Waals surface area contributed by atoms with Gasteiger partial charge in [0.15, 0.2) is 5.15 Å². The summed E-state index contributed by atoms with van der Waals surface area (Å²) in [6.07, 6.45) is 8.69. The van der Waals surface area contributed by atoms with E-state index in [0.29, 0.717) is 22.7 Å². The van der Waals surface area contributed by atoms with E-state index in [1.54, 1.807) is 26.7 Å². The van der Waals surface area contributed by atoms with Gasteiger partial charge in [0.1, 0.15) is 6.73 Å². The van der Waals surface area contributed by atoms with Gasteiger partial charge in [-0.05, 0) is 35.4 Å². The number of nitrogens with zero attached hydrogens (tertiary/aromatic N) is 3. The summed E-state index contributed by atoms with van der Waals surface area (Å²) >= 11 is 6.32. The number of halogens is 1. The normalized spacial score (nSPS) is 19.7. The number of allylic oxidation sites excluding steroid dienone is 2. The Morgan fingerprint density at radius 1 is 1.26 bits per heavy atom. The molecular weight excluding hydrogens is 362 g/mol. The highest BCUT2D eigenvalue weighted by molar-refractivity contribution is 6.30. The van der Waals surface area contributed by atoms with Gasteiger partial charge in [0, 0.05) is 13.3 Å². The second kappa shape index (κ2) is 9.44. The first-order valence-corrected chi connectivity index (χ1v) is 9.09. The van der Waals surface area contributed by atoms with E-state index in [1.165, 1.54) is 5.56 Å². The Morgan fingerprint density at radius 2 is 2.07 bits per heavy atom. The third-order valence-corrected chi connectivity index (χ3v) is 4.62. The van der Waals surface area contributed by atoms with Crippen molar-refractivity contribution >= 4 is 29.5 Å².